The third kappa shape index (κ3) is 4.31. The van der Waals surface area contributed by atoms with Crippen molar-refractivity contribution >= 4 is 17.5 Å². The van der Waals surface area contributed by atoms with Crippen molar-refractivity contribution < 1.29 is 9.53 Å². The van der Waals surface area contributed by atoms with Gasteiger partial charge < -0.3 is 13.9 Å². The van der Waals surface area contributed by atoms with Gasteiger partial charge in [-0.05, 0) is 56.9 Å². The first-order valence-electron chi connectivity index (χ1n) is 10.3. The van der Waals surface area contributed by atoms with E-state index in [1.54, 1.807) is 7.11 Å². The van der Waals surface area contributed by atoms with Gasteiger partial charge in [-0.25, -0.2) is 0 Å². The molecule has 0 aliphatic heterocycles. The molecule has 1 saturated carbocycles. The molecule has 0 spiro atoms. The molecule has 30 heavy (non-hydrogen) atoms. The summed E-state index contributed by atoms with van der Waals surface area (Å²) in [7, 11) is 3.67. The summed E-state index contributed by atoms with van der Waals surface area (Å²) in [6, 6.07) is 10.2. The Balaban J connectivity index is 1.39. The highest BCUT2D eigenvalue weighted by atomic mass is 32.2. The first-order chi connectivity index (χ1) is 14.5. The summed E-state index contributed by atoms with van der Waals surface area (Å²) in [4.78, 5) is 12.9. The van der Waals surface area contributed by atoms with Crippen LogP contribution in [-0.2, 0) is 20.0 Å². The van der Waals surface area contributed by atoms with Gasteiger partial charge in [0.05, 0.1) is 12.9 Å². The Kier molecular flexibility index (Phi) is 5.99. The molecule has 4 rings (SSSR count). The number of benzene rings is 1. The maximum Gasteiger partial charge on any atom is 0.191 e. The highest BCUT2D eigenvalue weighted by Gasteiger charge is 2.29. The van der Waals surface area contributed by atoms with E-state index >= 15 is 0 Å². The van der Waals surface area contributed by atoms with E-state index in [1.807, 2.05) is 36.7 Å². The molecule has 0 N–H and O–H groups in total. The standard InChI is InChI=1S/C23H28N4O2S/c1-15-13-20(16(2)27(15)12-11-17-5-9-19(29-4)10-6-17)21(28)14-30-23-25-24-22(26(23)3)18-7-8-18/h5-6,9-10,13,18H,7-8,11-12,14H2,1-4H3. The van der Waals surface area contributed by atoms with Crippen LogP contribution in [0.25, 0.3) is 0 Å². The van der Waals surface area contributed by atoms with Crippen LogP contribution < -0.4 is 4.74 Å². The lowest BCUT2D eigenvalue weighted by Gasteiger charge is -2.10. The van der Waals surface area contributed by atoms with Crippen molar-refractivity contribution in [2.24, 2.45) is 7.05 Å². The molecule has 3 aromatic rings. The average Bonchev–Trinajstić information content (AvgIpc) is 3.47. The zero-order valence-electron chi connectivity index (χ0n) is 18.0. The number of thioether (sulfide) groups is 1. The van der Waals surface area contributed by atoms with Gasteiger partial charge in [-0.15, -0.1) is 10.2 Å². The number of hydrogen-bond acceptors (Lipinski definition) is 5. The first kappa shape index (κ1) is 20.7. The molecule has 0 unspecified atom stereocenters. The van der Waals surface area contributed by atoms with Crippen LogP contribution in [-0.4, -0.2) is 38.0 Å². The van der Waals surface area contributed by atoms with Gasteiger partial charge in [0.15, 0.2) is 10.9 Å². The number of ketones is 1. The topological polar surface area (TPSA) is 61.9 Å². The fourth-order valence-electron chi connectivity index (χ4n) is 3.82. The molecule has 7 heteroatoms. The largest absolute Gasteiger partial charge is 0.497 e. The molecular weight excluding hydrogens is 396 g/mol. The van der Waals surface area contributed by atoms with E-state index in [-0.39, 0.29) is 5.78 Å². The SMILES string of the molecule is COc1ccc(CCn2c(C)cc(C(=O)CSc3nnc(C4CC4)n3C)c2C)cc1. The summed E-state index contributed by atoms with van der Waals surface area (Å²) in [5.41, 5.74) is 4.20. The first-order valence-corrected chi connectivity index (χ1v) is 11.3. The quantitative estimate of drug-likeness (QED) is 0.378. The number of ether oxygens (including phenoxy) is 1. The molecule has 6 nitrogen and oxygen atoms in total. The van der Waals surface area contributed by atoms with E-state index < -0.39 is 0 Å². The van der Waals surface area contributed by atoms with Crippen LogP contribution in [0.3, 0.4) is 0 Å². The van der Waals surface area contributed by atoms with Gasteiger partial charge in [0.1, 0.15) is 11.6 Å². The van der Waals surface area contributed by atoms with Crippen LogP contribution in [0.1, 0.15) is 51.9 Å². The van der Waals surface area contributed by atoms with Gasteiger partial charge in [0.2, 0.25) is 0 Å². The molecule has 1 aliphatic carbocycles. The number of methoxy groups -OCH3 is 1. The molecular formula is C23H28N4O2S. The Morgan fingerprint density at radius 2 is 1.93 bits per heavy atom. The van der Waals surface area contributed by atoms with Crippen molar-refractivity contribution in [1.82, 2.24) is 19.3 Å². The Morgan fingerprint density at radius 1 is 1.20 bits per heavy atom. The van der Waals surface area contributed by atoms with E-state index in [0.29, 0.717) is 11.7 Å². The predicted octanol–water partition coefficient (Wildman–Crippen LogP) is 4.34. The van der Waals surface area contributed by atoms with Crippen molar-refractivity contribution in [1.29, 1.82) is 0 Å². The molecule has 0 radical (unpaired) electrons. The minimum absolute atomic E-state index is 0.139. The molecule has 158 valence electrons. The highest BCUT2D eigenvalue weighted by molar-refractivity contribution is 7.99. The number of carbonyl (C=O) groups excluding carboxylic acids is 1. The van der Waals surface area contributed by atoms with Gasteiger partial charge in [-0.1, -0.05) is 23.9 Å². The maximum atomic E-state index is 12.9. The number of nitrogens with zero attached hydrogens (tertiary/aromatic N) is 4. The zero-order valence-corrected chi connectivity index (χ0v) is 18.8. The van der Waals surface area contributed by atoms with Crippen molar-refractivity contribution in [3.63, 3.8) is 0 Å². The Morgan fingerprint density at radius 3 is 2.60 bits per heavy atom. The zero-order chi connectivity index (χ0) is 21.3. The third-order valence-corrected chi connectivity index (χ3v) is 6.82. The number of rotatable bonds is 9. The second-order valence-corrected chi connectivity index (χ2v) is 8.86. The van der Waals surface area contributed by atoms with Gasteiger partial charge in [-0.2, -0.15) is 0 Å². The molecule has 2 heterocycles. The van der Waals surface area contributed by atoms with Gasteiger partial charge in [0, 0.05) is 36.5 Å². The predicted molar refractivity (Wildman–Crippen MR) is 119 cm³/mol. The summed E-state index contributed by atoms with van der Waals surface area (Å²) in [5.74, 6) is 2.97. The van der Waals surface area contributed by atoms with Crippen LogP contribution in [0, 0.1) is 13.8 Å². The number of Topliss-reactive ketones (excluding diaryl/α,β-unsaturated/α-hetero) is 1. The fourth-order valence-corrected chi connectivity index (χ4v) is 4.62. The second kappa shape index (κ2) is 8.68. The molecule has 1 aromatic carbocycles. The summed E-state index contributed by atoms with van der Waals surface area (Å²) in [5, 5.41) is 9.39. The number of aryl methyl sites for hydroxylation is 2. The Hall–Kier alpha value is -2.54. The molecule has 1 fully saturated rings. The van der Waals surface area contributed by atoms with Gasteiger partial charge in [-0.3, -0.25) is 4.79 Å². The molecule has 1 aliphatic rings. The van der Waals surface area contributed by atoms with E-state index in [9.17, 15) is 4.79 Å². The minimum atomic E-state index is 0.139. The van der Waals surface area contributed by atoms with E-state index in [1.165, 1.54) is 30.2 Å². The molecule has 0 bridgehead atoms. The fraction of sp³-hybridized carbons (Fsp3) is 0.435. The summed E-state index contributed by atoms with van der Waals surface area (Å²) >= 11 is 1.47. The van der Waals surface area contributed by atoms with Crippen LogP contribution in [0.4, 0.5) is 0 Å². The van der Waals surface area contributed by atoms with E-state index in [0.717, 1.165) is 46.6 Å². The van der Waals surface area contributed by atoms with Crippen LogP contribution in [0.15, 0.2) is 35.5 Å². The lowest BCUT2D eigenvalue weighted by Crippen LogP contribution is -2.09. The summed E-state index contributed by atoms with van der Waals surface area (Å²) in [6.45, 7) is 4.94. The normalized spacial score (nSPS) is 13.6. The lowest BCUT2D eigenvalue weighted by atomic mass is 10.1. The van der Waals surface area contributed by atoms with Crippen LogP contribution in [0.5, 0.6) is 5.75 Å². The number of carbonyl (C=O) groups is 1. The second-order valence-electron chi connectivity index (χ2n) is 7.92. The molecule has 2 aromatic heterocycles. The van der Waals surface area contributed by atoms with E-state index in [4.69, 9.17) is 4.74 Å². The Bertz CT molecular complexity index is 1050. The monoisotopic (exact) mass is 424 g/mol. The molecule has 0 amide bonds. The van der Waals surface area contributed by atoms with Crippen molar-refractivity contribution in [2.45, 2.75) is 50.7 Å². The third-order valence-electron chi connectivity index (χ3n) is 5.80. The highest BCUT2D eigenvalue weighted by Crippen LogP contribution is 2.39. The maximum absolute atomic E-state index is 12.9. The van der Waals surface area contributed by atoms with Crippen molar-refractivity contribution in [2.75, 3.05) is 12.9 Å². The summed E-state index contributed by atoms with van der Waals surface area (Å²) in [6.07, 6.45) is 3.29. The molecule has 0 saturated heterocycles. The minimum Gasteiger partial charge on any atom is -0.497 e. The molecule has 0 atom stereocenters. The lowest BCUT2D eigenvalue weighted by molar-refractivity contribution is 0.102. The summed E-state index contributed by atoms with van der Waals surface area (Å²) < 4.78 is 9.49. The van der Waals surface area contributed by atoms with Crippen LogP contribution in [0.2, 0.25) is 0 Å². The van der Waals surface area contributed by atoms with Gasteiger partial charge >= 0.3 is 0 Å². The number of aromatic nitrogens is 4. The number of hydrogen-bond donors (Lipinski definition) is 0. The smallest absolute Gasteiger partial charge is 0.191 e. The Labute approximate surface area is 181 Å². The van der Waals surface area contributed by atoms with E-state index in [2.05, 4.69) is 33.8 Å². The van der Waals surface area contributed by atoms with Crippen molar-refractivity contribution in [3.8, 4) is 5.75 Å². The van der Waals surface area contributed by atoms with Crippen LogP contribution >= 0.6 is 11.8 Å². The van der Waals surface area contributed by atoms with Crippen molar-refractivity contribution in [3.05, 3.63) is 58.7 Å². The van der Waals surface area contributed by atoms with Gasteiger partial charge in [0.25, 0.3) is 0 Å². The average molecular weight is 425 g/mol.